The minimum Gasteiger partial charge on any atom is -0.328 e. The van der Waals surface area contributed by atoms with Crippen LogP contribution < -0.4 is 5.44 Å². The maximum absolute atomic E-state index is 6.25. The van der Waals surface area contributed by atoms with Crippen LogP contribution in [0.2, 0.25) is 5.02 Å². The van der Waals surface area contributed by atoms with E-state index in [1.807, 2.05) is 7.05 Å². The second-order valence-corrected chi connectivity index (χ2v) is 8.08. The van der Waals surface area contributed by atoms with Crippen molar-refractivity contribution in [2.75, 3.05) is 20.0 Å². The molecule has 1 aromatic rings. The van der Waals surface area contributed by atoms with Gasteiger partial charge >= 0.3 is 0 Å². The van der Waals surface area contributed by atoms with Crippen LogP contribution in [0.5, 0.6) is 0 Å². The number of aromatic nitrogens is 2. The van der Waals surface area contributed by atoms with Crippen LogP contribution in [-0.2, 0) is 27.9 Å². The monoisotopic (exact) mass is 300 g/mol. The number of hydrogen-bond acceptors (Lipinski definition) is 5. The first-order chi connectivity index (χ1) is 7.50. The van der Waals surface area contributed by atoms with Crippen LogP contribution in [0.25, 0.3) is 0 Å². The molecule has 0 aromatic carbocycles. The van der Waals surface area contributed by atoms with Crippen molar-refractivity contribution >= 4 is 47.1 Å². The Kier molecular flexibility index (Phi) is 5.29. The third-order valence-corrected chi connectivity index (χ3v) is 6.78. The van der Waals surface area contributed by atoms with Crippen LogP contribution in [-0.4, -0.2) is 29.8 Å². The van der Waals surface area contributed by atoms with E-state index in [9.17, 15) is 0 Å². The zero-order valence-electron chi connectivity index (χ0n) is 9.56. The summed E-state index contributed by atoms with van der Waals surface area (Å²) in [6.45, 7) is -0.493. The van der Waals surface area contributed by atoms with Crippen molar-refractivity contribution in [3.8, 4) is 0 Å². The van der Waals surface area contributed by atoms with Crippen LogP contribution in [0, 0.1) is 0 Å². The van der Waals surface area contributed by atoms with E-state index in [0.29, 0.717) is 10.5 Å². The summed E-state index contributed by atoms with van der Waals surface area (Å²) in [6, 6.07) is 0. The van der Waals surface area contributed by atoms with Gasteiger partial charge in [0.05, 0.1) is 0 Å². The van der Waals surface area contributed by atoms with Gasteiger partial charge in [0.2, 0.25) is 6.49 Å². The molecule has 1 rings (SSSR count). The molecule has 0 saturated carbocycles. The number of aryl methyl sites for hydroxylation is 1. The second-order valence-electron chi connectivity index (χ2n) is 2.86. The van der Waals surface area contributed by atoms with E-state index in [1.165, 1.54) is 14.2 Å². The molecule has 16 heavy (non-hydrogen) atoms. The predicted molar refractivity (Wildman–Crippen MR) is 72.6 cm³/mol. The zero-order chi connectivity index (χ0) is 12.3. The summed E-state index contributed by atoms with van der Waals surface area (Å²) in [5, 5.41) is 5.74. The van der Waals surface area contributed by atoms with Crippen molar-refractivity contribution < 1.29 is 9.05 Å². The summed E-state index contributed by atoms with van der Waals surface area (Å²) in [6.07, 6.45) is 0. The topological polar surface area (TPSA) is 36.3 Å². The zero-order valence-corrected chi connectivity index (χ0v) is 12.8. The van der Waals surface area contributed by atoms with E-state index < -0.39 is 6.49 Å². The van der Waals surface area contributed by atoms with Crippen LogP contribution >= 0.6 is 29.9 Å². The van der Waals surface area contributed by atoms with Crippen LogP contribution in [0.15, 0.2) is 5.03 Å². The van der Waals surface area contributed by atoms with Gasteiger partial charge in [0, 0.05) is 21.3 Å². The first-order valence-electron chi connectivity index (χ1n) is 4.57. The highest BCUT2D eigenvalue weighted by molar-refractivity contribution is 8.13. The van der Waals surface area contributed by atoms with Crippen molar-refractivity contribution in [2.45, 2.75) is 11.9 Å². The maximum Gasteiger partial charge on any atom is 0.240 e. The first-order valence-corrected chi connectivity index (χ1v) is 8.57. The Balaban J connectivity index is 3.26. The van der Waals surface area contributed by atoms with Gasteiger partial charge in [-0.15, -0.1) is 11.8 Å². The van der Waals surface area contributed by atoms with E-state index in [1.54, 1.807) is 16.4 Å². The molecule has 0 saturated heterocycles. The molecule has 0 fully saturated rings. The third-order valence-electron chi connectivity index (χ3n) is 1.94. The van der Waals surface area contributed by atoms with E-state index in [-0.39, 0.29) is 0 Å². The van der Waals surface area contributed by atoms with Crippen molar-refractivity contribution in [1.82, 2.24) is 9.78 Å². The van der Waals surface area contributed by atoms with Crippen molar-refractivity contribution in [2.24, 2.45) is 7.05 Å². The summed E-state index contributed by atoms with van der Waals surface area (Å²) in [4.78, 5) is 0. The summed E-state index contributed by atoms with van der Waals surface area (Å²) in [7, 11) is 4.86. The Morgan fingerprint density at radius 1 is 1.50 bits per heavy atom. The standard InChI is InChI=1S/C8H14ClN2O2PS2/c1-5-16-8-6(9)7(10-11(8)2)14(15,12-3)13-4/h5H2,1-4H3. The average molecular weight is 301 g/mol. The molecule has 0 atom stereocenters. The Labute approximate surface area is 110 Å². The van der Waals surface area contributed by atoms with Crippen LogP contribution in [0.1, 0.15) is 6.92 Å². The fourth-order valence-electron chi connectivity index (χ4n) is 1.19. The quantitative estimate of drug-likeness (QED) is 0.616. The lowest BCUT2D eigenvalue weighted by atomic mass is 10.7. The number of hydrogen-bond donors (Lipinski definition) is 0. The fraction of sp³-hybridized carbons (Fsp3) is 0.625. The van der Waals surface area contributed by atoms with Gasteiger partial charge in [-0.05, 0) is 17.6 Å². The summed E-state index contributed by atoms with van der Waals surface area (Å²) in [5.74, 6) is 0.918. The van der Waals surface area contributed by atoms with Crippen molar-refractivity contribution in [3.63, 3.8) is 0 Å². The molecule has 0 N–H and O–H groups in total. The number of thioether (sulfide) groups is 1. The Bertz CT molecular complexity index is 416. The molecule has 8 heteroatoms. The SMILES string of the molecule is CCSc1c(Cl)c(P(=S)(OC)OC)nn1C. The Hall–Kier alpha value is 0.420. The second kappa shape index (κ2) is 5.85. The molecule has 0 spiro atoms. The maximum atomic E-state index is 6.25. The minimum atomic E-state index is -2.54. The average Bonchev–Trinajstić information content (AvgIpc) is 2.57. The first kappa shape index (κ1) is 14.5. The molecule has 1 aromatic heterocycles. The molecule has 0 bridgehead atoms. The van der Waals surface area contributed by atoms with E-state index in [0.717, 1.165) is 10.8 Å². The van der Waals surface area contributed by atoms with Gasteiger partial charge in [-0.25, -0.2) is 0 Å². The van der Waals surface area contributed by atoms with Gasteiger partial charge in [-0.1, -0.05) is 18.5 Å². The molecule has 0 unspecified atom stereocenters. The third kappa shape index (κ3) is 2.63. The summed E-state index contributed by atoms with van der Waals surface area (Å²) in [5.41, 5.74) is 0.535. The van der Waals surface area contributed by atoms with Gasteiger partial charge in [0.1, 0.15) is 10.0 Å². The molecule has 0 amide bonds. The minimum absolute atomic E-state index is 0.535. The van der Waals surface area contributed by atoms with Crippen molar-refractivity contribution in [3.05, 3.63) is 5.02 Å². The van der Waals surface area contributed by atoms with Gasteiger partial charge < -0.3 is 9.05 Å². The molecular formula is C8H14ClN2O2PS2. The molecule has 0 aliphatic rings. The van der Waals surface area contributed by atoms with Crippen LogP contribution in [0.4, 0.5) is 0 Å². The van der Waals surface area contributed by atoms with E-state index >= 15 is 0 Å². The molecular weight excluding hydrogens is 287 g/mol. The highest BCUT2D eigenvalue weighted by Crippen LogP contribution is 2.48. The normalized spacial score (nSPS) is 12.1. The van der Waals surface area contributed by atoms with Gasteiger partial charge in [0.25, 0.3) is 0 Å². The smallest absolute Gasteiger partial charge is 0.240 e. The lowest BCUT2D eigenvalue weighted by Gasteiger charge is -2.15. The largest absolute Gasteiger partial charge is 0.328 e. The predicted octanol–water partition coefficient (Wildman–Crippen LogP) is 2.41. The molecule has 0 aliphatic heterocycles. The van der Waals surface area contributed by atoms with Gasteiger partial charge in [-0.3, -0.25) is 4.68 Å². The van der Waals surface area contributed by atoms with Gasteiger partial charge in [-0.2, -0.15) is 5.10 Å². The molecule has 4 nitrogen and oxygen atoms in total. The number of rotatable bonds is 5. The molecule has 92 valence electrons. The highest BCUT2D eigenvalue weighted by Gasteiger charge is 2.28. The molecule has 0 radical (unpaired) electrons. The highest BCUT2D eigenvalue weighted by atomic mass is 35.5. The molecule has 1 heterocycles. The summed E-state index contributed by atoms with van der Waals surface area (Å²) >= 11 is 13.2. The Morgan fingerprint density at radius 3 is 2.50 bits per heavy atom. The lowest BCUT2D eigenvalue weighted by molar-refractivity contribution is 0.346. The lowest BCUT2D eigenvalue weighted by Crippen LogP contribution is -2.11. The number of nitrogens with zero attached hydrogens (tertiary/aromatic N) is 2. The van der Waals surface area contributed by atoms with Gasteiger partial charge in [0.15, 0.2) is 5.44 Å². The van der Waals surface area contributed by atoms with Crippen molar-refractivity contribution in [1.29, 1.82) is 0 Å². The van der Waals surface area contributed by atoms with Crippen LogP contribution in [0.3, 0.4) is 0 Å². The van der Waals surface area contributed by atoms with E-state index in [4.69, 9.17) is 32.5 Å². The fourth-order valence-corrected chi connectivity index (χ4v) is 4.26. The molecule has 0 aliphatic carbocycles. The summed E-state index contributed by atoms with van der Waals surface area (Å²) < 4.78 is 12.2. The Morgan fingerprint density at radius 2 is 2.06 bits per heavy atom. The number of halogens is 1. The van der Waals surface area contributed by atoms with E-state index in [2.05, 4.69) is 12.0 Å².